The number of hydrogen-bond donors (Lipinski definition) is 0. The summed E-state index contributed by atoms with van der Waals surface area (Å²) in [5.74, 6) is 0. The van der Waals surface area contributed by atoms with Crippen LogP contribution in [-0.2, 0) is 0 Å². The Morgan fingerprint density at radius 2 is 1.48 bits per heavy atom. The summed E-state index contributed by atoms with van der Waals surface area (Å²) in [6, 6.07) is 20.0. The van der Waals surface area contributed by atoms with Crippen LogP contribution in [-0.4, -0.2) is 14.5 Å². The first-order valence-corrected chi connectivity index (χ1v) is 9.69. The molecule has 2 aromatic carbocycles. The maximum Gasteiger partial charge on any atom is 0.210 e. The molecule has 1 saturated carbocycles. The second-order valence-electron chi connectivity index (χ2n) is 7.31. The highest BCUT2D eigenvalue weighted by atomic mass is 16.1. The number of hydrogen-bond acceptors (Lipinski definition) is 3. The molecule has 134 valence electrons. The topological polar surface area (TPSA) is 47.8 Å². The predicted octanol–water partition coefficient (Wildman–Crippen LogP) is 5.12. The van der Waals surface area contributed by atoms with E-state index in [-0.39, 0.29) is 5.43 Å². The molecule has 27 heavy (non-hydrogen) atoms. The zero-order chi connectivity index (χ0) is 18.2. The minimum atomic E-state index is -0.0610. The highest BCUT2D eigenvalue weighted by Gasteiger charge is 2.22. The zero-order valence-electron chi connectivity index (χ0n) is 15.1. The fraction of sp³-hybridized carbons (Fsp3) is 0.261. The smallest absolute Gasteiger partial charge is 0.210 e. The Balaban J connectivity index is 1.88. The van der Waals surface area contributed by atoms with Gasteiger partial charge in [0.1, 0.15) is 0 Å². The number of pyridine rings is 1. The summed E-state index contributed by atoms with van der Waals surface area (Å²) in [7, 11) is 0. The van der Waals surface area contributed by atoms with Gasteiger partial charge in [0.2, 0.25) is 5.43 Å². The van der Waals surface area contributed by atoms with Gasteiger partial charge < -0.3 is 4.57 Å². The van der Waals surface area contributed by atoms with Crippen LogP contribution in [0.2, 0.25) is 0 Å². The molecule has 4 nitrogen and oxygen atoms in total. The van der Waals surface area contributed by atoms with Crippen LogP contribution >= 0.6 is 0 Å². The molecule has 1 aliphatic rings. The van der Waals surface area contributed by atoms with Crippen molar-refractivity contribution in [1.29, 1.82) is 0 Å². The Labute approximate surface area is 157 Å². The van der Waals surface area contributed by atoms with Crippen LogP contribution < -0.4 is 5.43 Å². The van der Waals surface area contributed by atoms with E-state index in [0.717, 1.165) is 35.1 Å². The van der Waals surface area contributed by atoms with E-state index in [4.69, 9.17) is 4.98 Å². The van der Waals surface area contributed by atoms with Gasteiger partial charge >= 0.3 is 0 Å². The Bertz CT molecular complexity index is 1170. The maximum atomic E-state index is 12.9. The lowest BCUT2D eigenvalue weighted by Crippen LogP contribution is -2.20. The second kappa shape index (κ2) is 6.62. The SMILES string of the molecule is O=c1cc(-c2ccccc2)n(C2CCCCC2)c2nc3ccccc3nc12. The molecule has 0 bridgehead atoms. The predicted molar refractivity (Wildman–Crippen MR) is 109 cm³/mol. The van der Waals surface area contributed by atoms with Crippen LogP contribution in [0.25, 0.3) is 33.5 Å². The fourth-order valence-corrected chi connectivity index (χ4v) is 4.24. The third-order valence-corrected chi connectivity index (χ3v) is 5.55. The average molecular weight is 355 g/mol. The molecule has 4 heteroatoms. The van der Waals surface area contributed by atoms with Crippen molar-refractivity contribution in [3.05, 3.63) is 70.9 Å². The van der Waals surface area contributed by atoms with Gasteiger partial charge in [-0.1, -0.05) is 61.7 Å². The lowest BCUT2D eigenvalue weighted by molar-refractivity contribution is 0.361. The highest BCUT2D eigenvalue weighted by Crippen LogP contribution is 2.34. The van der Waals surface area contributed by atoms with E-state index in [1.54, 1.807) is 6.07 Å². The van der Waals surface area contributed by atoms with E-state index in [0.29, 0.717) is 17.2 Å². The van der Waals surface area contributed by atoms with Crippen LogP contribution in [0.3, 0.4) is 0 Å². The van der Waals surface area contributed by atoms with E-state index in [9.17, 15) is 4.79 Å². The Kier molecular flexibility index (Phi) is 3.97. The number of fused-ring (bicyclic) bond motifs is 2. The molecule has 1 aliphatic carbocycles. The Morgan fingerprint density at radius 1 is 0.815 bits per heavy atom. The molecule has 0 N–H and O–H groups in total. The van der Waals surface area contributed by atoms with Gasteiger partial charge in [-0.25, -0.2) is 9.97 Å². The Morgan fingerprint density at radius 3 is 2.22 bits per heavy atom. The van der Waals surface area contributed by atoms with E-state index < -0.39 is 0 Å². The van der Waals surface area contributed by atoms with Crippen molar-refractivity contribution in [3.63, 3.8) is 0 Å². The monoisotopic (exact) mass is 355 g/mol. The van der Waals surface area contributed by atoms with Crippen molar-refractivity contribution < 1.29 is 0 Å². The Hall–Kier alpha value is -3.01. The van der Waals surface area contributed by atoms with Crippen molar-refractivity contribution >= 4 is 22.2 Å². The first-order valence-electron chi connectivity index (χ1n) is 9.69. The van der Waals surface area contributed by atoms with Gasteiger partial charge in [-0.05, 0) is 30.5 Å². The first kappa shape index (κ1) is 16.2. The first-order chi connectivity index (χ1) is 13.3. The van der Waals surface area contributed by atoms with Gasteiger partial charge in [0.15, 0.2) is 11.2 Å². The van der Waals surface area contributed by atoms with Gasteiger partial charge in [-0.15, -0.1) is 0 Å². The van der Waals surface area contributed by atoms with Crippen molar-refractivity contribution in [2.45, 2.75) is 38.1 Å². The number of aromatic nitrogens is 3. The van der Waals surface area contributed by atoms with Gasteiger partial charge in [0.25, 0.3) is 0 Å². The van der Waals surface area contributed by atoms with Crippen molar-refractivity contribution in [1.82, 2.24) is 14.5 Å². The number of nitrogens with zero attached hydrogens (tertiary/aromatic N) is 3. The molecule has 0 radical (unpaired) electrons. The largest absolute Gasteiger partial charge is 0.321 e. The van der Waals surface area contributed by atoms with Crippen LogP contribution in [0, 0.1) is 0 Å². The van der Waals surface area contributed by atoms with Crippen molar-refractivity contribution in [2.24, 2.45) is 0 Å². The van der Waals surface area contributed by atoms with Crippen LogP contribution in [0.5, 0.6) is 0 Å². The van der Waals surface area contributed by atoms with Crippen LogP contribution in [0.15, 0.2) is 65.5 Å². The third-order valence-electron chi connectivity index (χ3n) is 5.55. The molecule has 0 atom stereocenters. The van der Waals surface area contributed by atoms with Gasteiger partial charge in [0, 0.05) is 12.1 Å². The molecule has 0 aliphatic heterocycles. The second-order valence-corrected chi connectivity index (χ2v) is 7.31. The van der Waals surface area contributed by atoms with Gasteiger partial charge in [-0.3, -0.25) is 4.79 Å². The molecule has 0 saturated heterocycles. The van der Waals surface area contributed by atoms with E-state index in [1.807, 2.05) is 42.5 Å². The number of benzene rings is 2. The number of para-hydroxylation sites is 2. The van der Waals surface area contributed by atoms with Crippen LogP contribution in [0.4, 0.5) is 0 Å². The third kappa shape index (κ3) is 2.81. The molecule has 5 rings (SSSR count). The molecule has 0 unspecified atom stereocenters. The summed E-state index contributed by atoms with van der Waals surface area (Å²) < 4.78 is 2.28. The minimum absolute atomic E-state index is 0.0610. The molecule has 2 heterocycles. The molecular weight excluding hydrogens is 334 g/mol. The zero-order valence-corrected chi connectivity index (χ0v) is 15.1. The van der Waals surface area contributed by atoms with Crippen molar-refractivity contribution in [2.75, 3.05) is 0 Å². The van der Waals surface area contributed by atoms with Gasteiger partial charge in [0.05, 0.1) is 16.7 Å². The lowest BCUT2D eigenvalue weighted by atomic mass is 9.94. The summed E-state index contributed by atoms with van der Waals surface area (Å²) in [4.78, 5) is 22.5. The van der Waals surface area contributed by atoms with E-state index in [1.165, 1.54) is 19.3 Å². The average Bonchev–Trinajstić information content (AvgIpc) is 2.74. The minimum Gasteiger partial charge on any atom is -0.321 e. The molecule has 0 spiro atoms. The molecule has 2 aromatic heterocycles. The van der Waals surface area contributed by atoms with Crippen LogP contribution in [0.1, 0.15) is 38.1 Å². The van der Waals surface area contributed by atoms with Crippen molar-refractivity contribution in [3.8, 4) is 11.3 Å². The van der Waals surface area contributed by atoms with E-state index in [2.05, 4.69) is 21.7 Å². The number of rotatable bonds is 2. The van der Waals surface area contributed by atoms with Gasteiger partial charge in [-0.2, -0.15) is 0 Å². The fourth-order valence-electron chi connectivity index (χ4n) is 4.24. The standard InChI is InChI=1S/C23H21N3O/c27-21-15-20(16-9-3-1-4-10-16)26(17-11-5-2-6-12-17)23-22(21)24-18-13-7-8-14-19(18)25-23/h1,3-4,7-10,13-15,17H,2,5-6,11-12H2. The quantitative estimate of drug-likeness (QED) is 0.469. The summed E-state index contributed by atoms with van der Waals surface area (Å²) in [5, 5.41) is 0. The van der Waals surface area contributed by atoms with E-state index >= 15 is 0 Å². The molecular formula is C23H21N3O. The molecule has 4 aromatic rings. The summed E-state index contributed by atoms with van der Waals surface area (Å²) in [5.41, 5.74) is 4.73. The molecule has 1 fully saturated rings. The lowest BCUT2D eigenvalue weighted by Gasteiger charge is -2.28. The maximum absolute atomic E-state index is 12.9. The summed E-state index contributed by atoms with van der Waals surface area (Å²) >= 11 is 0. The summed E-state index contributed by atoms with van der Waals surface area (Å²) in [6.45, 7) is 0. The molecule has 0 amide bonds. The normalized spacial score (nSPS) is 15.4. The summed E-state index contributed by atoms with van der Waals surface area (Å²) in [6.07, 6.45) is 5.95. The highest BCUT2D eigenvalue weighted by molar-refractivity contribution is 5.86.